The highest BCUT2D eigenvalue weighted by Gasteiger charge is 2.58. The molecule has 1 aliphatic carbocycles. The van der Waals surface area contributed by atoms with Crippen LogP contribution in [0.25, 0.3) is 0 Å². The lowest BCUT2D eigenvalue weighted by Crippen LogP contribution is -2.70. The van der Waals surface area contributed by atoms with Crippen LogP contribution in [0.4, 0.5) is 0 Å². The molecule has 0 aromatic heterocycles. The van der Waals surface area contributed by atoms with E-state index in [2.05, 4.69) is 35.9 Å². The van der Waals surface area contributed by atoms with Crippen molar-refractivity contribution >= 4 is 5.91 Å². The van der Waals surface area contributed by atoms with E-state index >= 15 is 0 Å². The molecule has 23 heavy (non-hydrogen) atoms. The average Bonchev–Trinajstić information content (AvgIpc) is 2.58. The molecule has 3 atom stereocenters. The molecule has 2 aliphatic heterocycles. The Bertz CT molecular complexity index is 418. The molecular formula is C18H33N3O2. The van der Waals surface area contributed by atoms with Gasteiger partial charge in [0.1, 0.15) is 0 Å². The molecule has 1 saturated carbocycles. The Hall–Kier alpha value is -0.650. The molecule has 0 spiro atoms. The molecular weight excluding hydrogens is 290 g/mol. The SMILES string of the molecule is CCN1CCN(CCC(=O)NC2C3CCCOC3C2(C)C)CC1. The largest absolute Gasteiger partial charge is 0.377 e. The molecule has 1 amide bonds. The van der Waals surface area contributed by atoms with Crippen LogP contribution in [0.15, 0.2) is 0 Å². The van der Waals surface area contributed by atoms with Gasteiger partial charge in [-0.2, -0.15) is 0 Å². The average molecular weight is 323 g/mol. The zero-order chi connectivity index (χ0) is 16.4. The van der Waals surface area contributed by atoms with Crippen molar-refractivity contribution in [3.05, 3.63) is 0 Å². The first-order valence-corrected chi connectivity index (χ1v) is 9.38. The number of ether oxygens (including phenoxy) is 1. The summed E-state index contributed by atoms with van der Waals surface area (Å²) in [6.07, 6.45) is 3.28. The Morgan fingerprint density at radius 2 is 1.91 bits per heavy atom. The lowest BCUT2D eigenvalue weighted by molar-refractivity contribution is -0.193. The second-order valence-corrected chi connectivity index (χ2v) is 7.99. The number of fused-ring (bicyclic) bond motifs is 1. The standard InChI is InChI=1S/C18H33N3O2/c1-4-20-9-11-21(12-10-20)8-7-15(22)19-16-14-6-5-13-23-17(14)18(16,2)3/h14,16-17H,4-13H2,1-3H3,(H,19,22). The highest BCUT2D eigenvalue weighted by molar-refractivity contribution is 5.76. The minimum absolute atomic E-state index is 0.0769. The molecule has 1 N–H and O–H groups in total. The van der Waals surface area contributed by atoms with Crippen LogP contribution < -0.4 is 5.32 Å². The number of piperazine rings is 1. The smallest absolute Gasteiger partial charge is 0.221 e. The lowest BCUT2D eigenvalue weighted by Gasteiger charge is -2.59. The fourth-order valence-corrected chi connectivity index (χ4v) is 4.65. The number of likely N-dealkylation sites (N-methyl/N-ethyl adjacent to an activating group) is 1. The number of carbonyl (C=O) groups is 1. The summed E-state index contributed by atoms with van der Waals surface area (Å²) in [6.45, 7) is 14.0. The van der Waals surface area contributed by atoms with Crippen LogP contribution in [0, 0.1) is 11.3 Å². The zero-order valence-electron chi connectivity index (χ0n) is 15.0. The Kier molecular flexibility index (Phi) is 5.29. The molecule has 5 heteroatoms. The van der Waals surface area contributed by atoms with Gasteiger partial charge in [0.25, 0.3) is 0 Å². The van der Waals surface area contributed by atoms with Crippen LogP contribution in [0.3, 0.4) is 0 Å². The van der Waals surface area contributed by atoms with Crippen LogP contribution in [0.2, 0.25) is 0 Å². The molecule has 0 radical (unpaired) electrons. The molecule has 2 saturated heterocycles. The summed E-state index contributed by atoms with van der Waals surface area (Å²) >= 11 is 0. The second-order valence-electron chi connectivity index (χ2n) is 7.99. The van der Waals surface area contributed by atoms with Crippen LogP contribution in [-0.4, -0.2) is 73.7 Å². The van der Waals surface area contributed by atoms with Gasteiger partial charge in [0, 0.05) is 63.1 Å². The van der Waals surface area contributed by atoms with Gasteiger partial charge in [-0.25, -0.2) is 0 Å². The summed E-state index contributed by atoms with van der Waals surface area (Å²) in [5.74, 6) is 0.737. The van der Waals surface area contributed by atoms with Crippen molar-refractivity contribution in [2.75, 3.05) is 45.9 Å². The number of nitrogens with zero attached hydrogens (tertiary/aromatic N) is 2. The van der Waals surface area contributed by atoms with Crippen molar-refractivity contribution in [3.63, 3.8) is 0 Å². The van der Waals surface area contributed by atoms with E-state index in [0.717, 1.165) is 52.3 Å². The van der Waals surface area contributed by atoms with E-state index in [1.165, 1.54) is 6.42 Å². The topological polar surface area (TPSA) is 44.8 Å². The fraction of sp³-hybridized carbons (Fsp3) is 0.944. The maximum atomic E-state index is 12.4. The van der Waals surface area contributed by atoms with Gasteiger partial charge in [0.05, 0.1) is 6.10 Å². The van der Waals surface area contributed by atoms with E-state index in [4.69, 9.17) is 4.74 Å². The summed E-state index contributed by atoms with van der Waals surface area (Å²) < 4.78 is 5.92. The second kappa shape index (κ2) is 7.08. The third-order valence-electron chi connectivity index (χ3n) is 6.21. The van der Waals surface area contributed by atoms with E-state index in [-0.39, 0.29) is 17.4 Å². The Morgan fingerprint density at radius 3 is 2.61 bits per heavy atom. The number of carbonyl (C=O) groups excluding carboxylic acids is 1. The van der Waals surface area contributed by atoms with Crippen molar-refractivity contribution in [1.82, 2.24) is 15.1 Å². The number of amides is 1. The van der Waals surface area contributed by atoms with Crippen molar-refractivity contribution < 1.29 is 9.53 Å². The molecule has 3 aliphatic rings. The van der Waals surface area contributed by atoms with Crippen LogP contribution in [-0.2, 0) is 9.53 Å². The third kappa shape index (κ3) is 3.57. The molecule has 3 fully saturated rings. The summed E-state index contributed by atoms with van der Waals surface area (Å²) in [5.41, 5.74) is 0.0769. The first-order chi connectivity index (χ1) is 11.0. The van der Waals surface area contributed by atoms with Gasteiger partial charge < -0.3 is 19.9 Å². The normalized spacial score (nSPS) is 34.5. The first-order valence-electron chi connectivity index (χ1n) is 9.38. The molecule has 2 heterocycles. The number of rotatable bonds is 5. The highest BCUT2D eigenvalue weighted by Crippen LogP contribution is 2.51. The number of nitrogens with one attached hydrogen (secondary N) is 1. The van der Waals surface area contributed by atoms with Gasteiger partial charge in [-0.1, -0.05) is 20.8 Å². The number of hydrogen-bond acceptors (Lipinski definition) is 4. The fourth-order valence-electron chi connectivity index (χ4n) is 4.65. The van der Waals surface area contributed by atoms with Gasteiger partial charge >= 0.3 is 0 Å². The van der Waals surface area contributed by atoms with E-state index in [1.54, 1.807) is 0 Å². The van der Waals surface area contributed by atoms with E-state index in [1.807, 2.05) is 0 Å². The Balaban J connectivity index is 1.41. The van der Waals surface area contributed by atoms with Crippen molar-refractivity contribution in [2.45, 2.75) is 52.2 Å². The van der Waals surface area contributed by atoms with Crippen molar-refractivity contribution in [3.8, 4) is 0 Å². The summed E-state index contributed by atoms with van der Waals surface area (Å²) in [6, 6.07) is 0.289. The quantitative estimate of drug-likeness (QED) is 0.829. The van der Waals surface area contributed by atoms with E-state index in [9.17, 15) is 4.79 Å². The lowest BCUT2D eigenvalue weighted by atomic mass is 9.55. The third-order valence-corrected chi connectivity index (χ3v) is 6.21. The van der Waals surface area contributed by atoms with Gasteiger partial charge in [-0.05, 0) is 19.4 Å². The van der Waals surface area contributed by atoms with Crippen molar-refractivity contribution in [1.29, 1.82) is 0 Å². The molecule has 0 bridgehead atoms. The molecule has 0 aromatic rings. The van der Waals surface area contributed by atoms with E-state index < -0.39 is 0 Å². The summed E-state index contributed by atoms with van der Waals surface area (Å²) in [5, 5.41) is 3.31. The molecule has 132 valence electrons. The van der Waals surface area contributed by atoms with Crippen LogP contribution in [0.1, 0.15) is 40.0 Å². The summed E-state index contributed by atoms with van der Waals surface area (Å²) in [4.78, 5) is 17.3. The van der Waals surface area contributed by atoms with Gasteiger partial charge in [-0.3, -0.25) is 4.79 Å². The van der Waals surface area contributed by atoms with Crippen LogP contribution in [0.5, 0.6) is 0 Å². The Morgan fingerprint density at radius 1 is 1.22 bits per heavy atom. The van der Waals surface area contributed by atoms with E-state index in [0.29, 0.717) is 18.4 Å². The molecule has 5 nitrogen and oxygen atoms in total. The predicted octanol–water partition coefficient (Wildman–Crippen LogP) is 1.33. The van der Waals surface area contributed by atoms with Crippen LogP contribution >= 0.6 is 0 Å². The van der Waals surface area contributed by atoms with Gasteiger partial charge in [0.2, 0.25) is 5.91 Å². The van der Waals surface area contributed by atoms with Gasteiger partial charge in [0.15, 0.2) is 0 Å². The monoisotopic (exact) mass is 323 g/mol. The molecule has 3 unspecified atom stereocenters. The maximum absolute atomic E-state index is 12.4. The predicted molar refractivity (Wildman–Crippen MR) is 91.3 cm³/mol. The maximum Gasteiger partial charge on any atom is 0.221 e. The Labute approximate surface area is 140 Å². The zero-order valence-corrected chi connectivity index (χ0v) is 15.0. The minimum Gasteiger partial charge on any atom is -0.377 e. The minimum atomic E-state index is 0.0769. The molecule has 0 aromatic carbocycles. The number of hydrogen-bond donors (Lipinski definition) is 1. The first kappa shape index (κ1) is 17.2. The highest BCUT2D eigenvalue weighted by atomic mass is 16.5. The molecule has 3 rings (SSSR count). The van der Waals surface area contributed by atoms with Crippen molar-refractivity contribution in [2.24, 2.45) is 11.3 Å². The summed E-state index contributed by atoms with van der Waals surface area (Å²) in [7, 11) is 0. The van der Waals surface area contributed by atoms with Gasteiger partial charge in [-0.15, -0.1) is 0 Å².